The van der Waals surface area contributed by atoms with Crippen LogP contribution in [0.15, 0.2) is 48.7 Å². The molecule has 0 spiro atoms. The number of ether oxygens (including phenoxy) is 2. The Morgan fingerprint density at radius 3 is 2.57 bits per heavy atom. The maximum atomic E-state index is 12.4. The molecule has 0 radical (unpaired) electrons. The van der Waals surface area contributed by atoms with E-state index in [-0.39, 0.29) is 34.5 Å². The summed E-state index contributed by atoms with van der Waals surface area (Å²) in [6.45, 7) is 6.36. The van der Waals surface area contributed by atoms with Gasteiger partial charge in [0, 0.05) is 47.2 Å². The van der Waals surface area contributed by atoms with E-state index >= 15 is 0 Å². The number of nitrogens with one attached hydrogen (secondary N) is 1. The number of nitro groups is 1. The second kappa shape index (κ2) is 10.4. The minimum Gasteiger partial charge on any atom is -0.431 e. The number of carbonyl (C=O) groups is 1. The largest absolute Gasteiger partial charge is 0.514 e. The lowest BCUT2D eigenvalue weighted by Gasteiger charge is -2.69. The molecule has 4 aliphatic carbocycles. The Bertz CT molecular complexity index is 1470. The molecule has 0 amide bonds. The summed E-state index contributed by atoms with van der Waals surface area (Å²) in [5.41, 5.74) is 9.50. The molecule has 4 fully saturated rings. The third-order valence-electron chi connectivity index (χ3n) is 8.86. The van der Waals surface area contributed by atoms with Gasteiger partial charge in [-0.15, -0.1) is 0 Å². The van der Waals surface area contributed by atoms with Gasteiger partial charge in [-0.05, 0) is 102 Å². The number of nitrogens with two attached hydrogens (primary N) is 1. The fourth-order valence-electron chi connectivity index (χ4n) is 6.99. The second-order valence-electron chi connectivity index (χ2n) is 13.4. The number of carbonyl (C=O) groups excluding carboxylic acids is 1. The molecule has 0 unspecified atom stereocenters. The van der Waals surface area contributed by atoms with Crippen LogP contribution < -0.4 is 15.8 Å². The molecule has 3 N–H and O–H groups in total. The van der Waals surface area contributed by atoms with E-state index in [2.05, 4.69) is 43.2 Å². The van der Waals surface area contributed by atoms with E-state index in [0.29, 0.717) is 18.3 Å². The van der Waals surface area contributed by atoms with E-state index in [4.69, 9.17) is 20.3 Å². The average Bonchev–Trinajstić information content (AvgIpc) is 3.53. The van der Waals surface area contributed by atoms with E-state index < -0.39 is 11.1 Å². The van der Waals surface area contributed by atoms with Crippen LogP contribution in [0.4, 0.5) is 22.0 Å². The minimum absolute atomic E-state index is 0.0762. The Morgan fingerprint density at radius 1 is 1.17 bits per heavy atom. The summed E-state index contributed by atoms with van der Waals surface area (Å²) in [6.07, 6.45) is 8.46. The van der Waals surface area contributed by atoms with E-state index in [1.165, 1.54) is 24.3 Å². The van der Waals surface area contributed by atoms with Crippen molar-refractivity contribution in [1.29, 1.82) is 0 Å². The second-order valence-corrected chi connectivity index (χ2v) is 13.4. The monoisotopic (exact) mass is 574 g/mol. The number of hydrogen-bond donors (Lipinski definition) is 2. The molecule has 3 aromatic rings. The SMILES string of the molecule is CC(C)(C)n1nc([C@H]2CC[C@@H](OC(=O)Oc3ccc([N+](=O)[O-])cc3)C2)cc1Nc1ccnc(CCC23CC(N)(C2)C3)c1. The molecular formula is C31H38N6O5. The van der Waals surface area contributed by atoms with Crippen LogP contribution in [-0.2, 0) is 16.7 Å². The van der Waals surface area contributed by atoms with Gasteiger partial charge in [0.25, 0.3) is 5.69 Å². The fraction of sp³-hybridized carbons (Fsp3) is 0.516. The molecule has 2 heterocycles. The van der Waals surface area contributed by atoms with E-state index in [1.807, 2.05) is 16.9 Å². The van der Waals surface area contributed by atoms with Crippen molar-refractivity contribution in [3.05, 3.63) is 70.2 Å². The standard InChI is InChI=1S/C31H38N6O5/c1-29(2,3)36-27(34-22-11-13-33-21(15-22)10-12-30-17-31(32,18-30)19-30)16-26(35-36)20-4-7-25(14-20)42-28(38)41-24-8-5-23(6-9-24)37(39)40/h5-6,8-9,11,13,15-16,20,25H,4,7,10,12,14,17-19,32H2,1-3H3,(H,33,34)/t20-,25+,30?,31?/m0/s1. The third-order valence-corrected chi connectivity index (χ3v) is 8.86. The Kier molecular flexibility index (Phi) is 6.95. The molecule has 0 aliphatic heterocycles. The van der Waals surface area contributed by atoms with Crippen LogP contribution in [0.5, 0.6) is 5.75 Å². The van der Waals surface area contributed by atoms with Gasteiger partial charge in [0.2, 0.25) is 0 Å². The van der Waals surface area contributed by atoms with E-state index in [1.54, 1.807) is 0 Å². The Hall–Kier alpha value is -3.99. The van der Waals surface area contributed by atoms with Gasteiger partial charge in [0.1, 0.15) is 17.7 Å². The normalized spacial score (nSPS) is 26.2. The maximum Gasteiger partial charge on any atom is 0.514 e. The van der Waals surface area contributed by atoms with Crippen molar-refractivity contribution in [2.24, 2.45) is 11.1 Å². The third kappa shape index (κ3) is 5.83. The molecule has 4 saturated carbocycles. The van der Waals surface area contributed by atoms with Gasteiger partial charge in [-0.3, -0.25) is 15.1 Å². The first kappa shape index (κ1) is 28.1. The van der Waals surface area contributed by atoms with Crippen molar-refractivity contribution in [2.75, 3.05) is 5.32 Å². The highest BCUT2D eigenvalue weighted by Crippen LogP contribution is 2.67. The fourth-order valence-corrected chi connectivity index (χ4v) is 6.99. The van der Waals surface area contributed by atoms with Gasteiger partial charge in [-0.1, -0.05) is 0 Å². The molecule has 1 aromatic carbocycles. The number of hydrogen-bond acceptors (Lipinski definition) is 9. The van der Waals surface area contributed by atoms with E-state index in [9.17, 15) is 14.9 Å². The Morgan fingerprint density at radius 2 is 1.90 bits per heavy atom. The lowest BCUT2D eigenvalue weighted by Crippen LogP contribution is -2.72. The van der Waals surface area contributed by atoms with Crippen molar-refractivity contribution in [3.63, 3.8) is 0 Å². The predicted molar refractivity (Wildman–Crippen MR) is 157 cm³/mol. The zero-order valence-corrected chi connectivity index (χ0v) is 24.3. The number of nitrogens with zero attached hydrogens (tertiary/aromatic N) is 4. The van der Waals surface area contributed by atoms with Crippen LogP contribution in [0.25, 0.3) is 0 Å². The molecular weight excluding hydrogens is 536 g/mol. The number of rotatable bonds is 9. The molecule has 0 saturated heterocycles. The van der Waals surface area contributed by atoms with Gasteiger partial charge in [-0.2, -0.15) is 5.10 Å². The van der Waals surface area contributed by atoms with Gasteiger partial charge in [0.05, 0.1) is 16.2 Å². The summed E-state index contributed by atoms with van der Waals surface area (Å²) in [6, 6.07) is 11.5. The zero-order chi connectivity index (χ0) is 29.7. The number of aryl methyl sites for hydroxylation is 1. The van der Waals surface area contributed by atoms with Crippen LogP contribution in [0.2, 0.25) is 0 Å². The van der Waals surface area contributed by atoms with Crippen molar-refractivity contribution >= 4 is 23.3 Å². The van der Waals surface area contributed by atoms with E-state index in [0.717, 1.165) is 61.4 Å². The molecule has 222 valence electrons. The van der Waals surface area contributed by atoms with Gasteiger partial charge >= 0.3 is 6.16 Å². The number of non-ortho nitro benzene ring substituents is 1. The molecule has 11 heteroatoms. The van der Waals surface area contributed by atoms with Crippen LogP contribution in [-0.4, -0.2) is 37.5 Å². The molecule has 4 aliphatic rings. The van der Waals surface area contributed by atoms with Crippen LogP contribution in [0.1, 0.15) is 83.0 Å². The molecule has 11 nitrogen and oxygen atoms in total. The Balaban J connectivity index is 1.07. The topological polar surface area (TPSA) is 147 Å². The summed E-state index contributed by atoms with van der Waals surface area (Å²) in [5, 5.41) is 19.4. The highest BCUT2D eigenvalue weighted by atomic mass is 16.7. The van der Waals surface area contributed by atoms with Crippen molar-refractivity contribution in [3.8, 4) is 5.75 Å². The summed E-state index contributed by atoms with van der Waals surface area (Å²) in [5.74, 6) is 1.24. The highest BCUT2D eigenvalue weighted by molar-refractivity contribution is 5.64. The average molecular weight is 575 g/mol. The van der Waals surface area contributed by atoms with Crippen molar-refractivity contribution in [1.82, 2.24) is 14.8 Å². The molecule has 42 heavy (non-hydrogen) atoms. The lowest BCUT2D eigenvalue weighted by molar-refractivity contribution is -0.384. The van der Waals surface area contributed by atoms with Crippen molar-refractivity contribution < 1.29 is 19.2 Å². The first-order valence-corrected chi connectivity index (χ1v) is 14.6. The number of benzene rings is 1. The lowest BCUT2D eigenvalue weighted by atomic mass is 9.38. The number of anilines is 2. The predicted octanol–water partition coefficient (Wildman–Crippen LogP) is 6.35. The van der Waals surface area contributed by atoms with Gasteiger partial charge in [-0.25, -0.2) is 9.48 Å². The number of nitro benzene ring substituents is 1. The first-order chi connectivity index (χ1) is 19.9. The number of pyridine rings is 1. The van der Waals surface area contributed by atoms with Crippen LogP contribution in [0.3, 0.4) is 0 Å². The molecule has 2 aromatic heterocycles. The molecule has 2 atom stereocenters. The van der Waals surface area contributed by atoms with Gasteiger partial charge < -0.3 is 20.5 Å². The zero-order valence-electron chi connectivity index (χ0n) is 24.3. The molecule has 7 rings (SSSR count). The summed E-state index contributed by atoms with van der Waals surface area (Å²) < 4.78 is 12.8. The quantitative estimate of drug-likeness (QED) is 0.129. The number of aromatic nitrogens is 3. The van der Waals surface area contributed by atoms with Gasteiger partial charge in [0.15, 0.2) is 0 Å². The smallest absolute Gasteiger partial charge is 0.431 e. The first-order valence-electron chi connectivity index (χ1n) is 14.6. The van der Waals surface area contributed by atoms with Crippen molar-refractivity contribution in [2.45, 2.75) is 95.2 Å². The van der Waals surface area contributed by atoms with Crippen LogP contribution >= 0.6 is 0 Å². The molecule has 2 bridgehead atoms. The Labute approximate surface area is 244 Å². The summed E-state index contributed by atoms with van der Waals surface area (Å²) >= 11 is 0. The van der Waals surface area contributed by atoms with Crippen LogP contribution in [0, 0.1) is 15.5 Å². The summed E-state index contributed by atoms with van der Waals surface area (Å²) in [7, 11) is 0. The summed E-state index contributed by atoms with van der Waals surface area (Å²) in [4.78, 5) is 27.3. The minimum atomic E-state index is -0.817. The maximum absolute atomic E-state index is 12.4. The highest BCUT2D eigenvalue weighted by Gasteiger charge is 2.64.